The van der Waals surface area contributed by atoms with Crippen molar-refractivity contribution in [3.8, 4) is 0 Å². The smallest absolute Gasteiger partial charge is 0.243 e. The van der Waals surface area contributed by atoms with Crippen molar-refractivity contribution in [2.24, 2.45) is 0 Å². The second-order valence-corrected chi connectivity index (χ2v) is 9.35. The number of hydrogen-bond acceptors (Lipinski definition) is 4. The third kappa shape index (κ3) is 5.66. The summed E-state index contributed by atoms with van der Waals surface area (Å²) in [5.74, 6) is -0.0319. The highest BCUT2D eigenvalue weighted by molar-refractivity contribution is 9.10. The topological polar surface area (TPSA) is 93.1 Å². The maximum Gasteiger partial charge on any atom is 0.243 e. The summed E-state index contributed by atoms with van der Waals surface area (Å²) in [5, 5.41) is 7.35. The van der Waals surface area contributed by atoms with Crippen LogP contribution < -0.4 is 10.0 Å². The minimum atomic E-state index is -3.86. The van der Waals surface area contributed by atoms with Crippen molar-refractivity contribution in [3.05, 3.63) is 75.9 Å². The fourth-order valence-electron chi connectivity index (χ4n) is 2.53. The van der Waals surface area contributed by atoms with Gasteiger partial charge in [-0.1, -0.05) is 39.7 Å². The molecule has 29 heavy (non-hydrogen) atoms. The van der Waals surface area contributed by atoms with E-state index in [-0.39, 0.29) is 4.90 Å². The lowest BCUT2D eigenvalue weighted by Crippen LogP contribution is -2.41. The number of sulfonamides is 1. The molecule has 0 fully saturated rings. The number of carbonyl (C=O) groups excluding carboxylic acids is 1. The third-order valence-electron chi connectivity index (χ3n) is 4.06. The summed E-state index contributed by atoms with van der Waals surface area (Å²) < 4.78 is 29.8. The van der Waals surface area contributed by atoms with Crippen LogP contribution in [0.2, 0.25) is 5.02 Å². The number of hydrogen-bond donors (Lipinski definition) is 2. The number of halogens is 2. The molecule has 10 heteroatoms. The highest BCUT2D eigenvalue weighted by Gasteiger charge is 2.22. The molecule has 0 radical (unpaired) electrons. The lowest BCUT2D eigenvalue weighted by atomic mass is 10.2. The normalized spacial score (nSPS) is 12.5. The van der Waals surface area contributed by atoms with E-state index >= 15 is 0 Å². The molecule has 1 aromatic heterocycles. The van der Waals surface area contributed by atoms with Crippen LogP contribution in [0.15, 0.2) is 70.2 Å². The Balaban J connectivity index is 1.66. The van der Waals surface area contributed by atoms with Gasteiger partial charge in [0.2, 0.25) is 15.9 Å². The number of amides is 1. The molecule has 2 N–H and O–H groups in total. The van der Waals surface area contributed by atoms with Crippen LogP contribution in [0.3, 0.4) is 0 Å². The Morgan fingerprint density at radius 2 is 1.79 bits per heavy atom. The third-order valence-corrected chi connectivity index (χ3v) is 6.40. The van der Waals surface area contributed by atoms with Gasteiger partial charge in [0.05, 0.1) is 23.7 Å². The van der Waals surface area contributed by atoms with Gasteiger partial charge in [0.25, 0.3) is 0 Å². The minimum Gasteiger partial charge on any atom is -0.310 e. The molecule has 0 spiro atoms. The van der Waals surface area contributed by atoms with Crippen LogP contribution in [0.5, 0.6) is 0 Å². The molecular weight excluding hydrogens is 480 g/mol. The molecule has 152 valence electrons. The van der Waals surface area contributed by atoms with Gasteiger partial charge >= 0.3 is 0 Å². The molecule has 3 rings (SSSR count). The lowest BCUT2D eigenvalue weighted by Gasteiger charge is -2.15. The fraction of sp³-hybridized carbons (Fsp3) is 0.158. The Bertz CT molecular complexity index is 1100. The Kier molecular flexibility index (Phi) is 6.74. The molecule has 3 aromatic rings. The fourth-order valence-corrected chi connectivity index (χ4v) is 4.12. The molecule has 1 atom stereocenters. The summed E-state index contributed by atoms with van der Waals surface area (Å²) in [7, 11) is -3.86. The Hall–Kier alpha value is -2.20. The zero-order valence-corrected chi connectivity index (χ0v) is 18.5. The Labute approximate surface area is 182 Å². The number of aromatic nitrogens is 2. The zero-order chi connectivity index (χ0) is 21.0. The van der Waals surface area contributed by atoms with Crippen molar-refractivity contribution in [3.63, 3.8) is 0 Å². The van der Waals surface area contributed by atoms with Crippen LogP contribution in [0, 0.1) is 0 Å². The second kappa shape index (κ2) is 9.08. The van der Waals surface area contributed by atoms with Crippen LogP contribution in [-0.2, 0) is 21.4 Å². The number of benzene rings is 2. The maximum atomic E-state index is 12.5. The average molecular weight is 498 g/mol. The van der Waals surface area contributed by atoms with Gasteiger partial charge in [-0.3, -0.25) is 4.79 Å². The molecule has 1 heterocycles. The van der Waals surface area contributed by atoms with Gasteiger partial charge in [-0.2, -0.15) is 9.82 Å². The van der Waals surface area contributed by atoms with Crippen molar-refractivity contribution >= 4 is 49.3 Å². The summed E-state index contributed by atoms with van der Waals surface area (Å²) >= 11 is 9.18. The molecule has 1 amide bonds. The summed E-state index contributed by atoms with van der Waals surface area (Å²) in [6, 6.07) is 14.1. The number of anilines is 1. The number of nitrogens with zero attached hydrogens (tertiary/aromatic N) is 2. The second-order valence-electron chi connectivity index (χ2n) is 6.29. The molecule has 0 bridgehead atoms. The first kappa shape index (κ1) is 21.5. The molecule has 2 aromatic carbocycles. The van der Waals surface area contributed by atoms with Crippen molar-refractivity contribution in [1.29, 1.82) is 0 Å². The number of rotatable bonds is 7. The number of nitrogens with one attached hydrogen (secondary N) is 2. The molecule has 0 aliphatic rings. The molecule has 0 saturated carbocycles. The van der Waals surface area contributed by atoms with Gasteiger partial charge < -0.3 is 5.32 Å². The molecule has 0 unspecified atom stereocenters. The van der Waals surface area contributed by atoms with Crippen molar-refractivity contribution < 1.29 is 13.2 Å². The highest BCUT2D eigenvalue weighted by Crippen LogP contribution is 2.16. The van der Waals surface area contributed by atoms with Gasteiger partial charge in [0.1, 0.15) is 5.82 Å². The molecule has 0 aliphatic carbocycles. The van der Waals surface area contributed by atoms with Crippen LogP contribution in [0.4, 0.5) is 5.82 Å². The first-order valence-corrected chi connectivity index (χ1v) is 11.2. The molecule has 0 saturated heterocycles. The zero-order valence-electron chi connectivity index (χ0n) is 15.3. The van der Waals surface area contributed by atoms with Crippen molar-refractivity contribution in [2.45, 2.75) is 24.4 Å². The average Bonchev–Trinajstić information content (AvgIpc) is 3.10. The van der Waals surface area contributed by atoms with Gasteiger partial charge in [-0.15, -0.1) is 0 Å². The summed E-state index contributed by atoms with van der Waals surface area (Å²) in [6.07, 6.45) is 1.57. The van der Waals surface area contributed by atoms with Gasteiger partial charge in [-0.25, -0.2) is 13.1 Å². The summed E-state index contributed by atoms with van der Waals surface area (Å²) in [6.45, 7) is 1.93. The SMILES string of the molecule is C[C@H](NS(=O)(=O)c1ccc(Cl)cc1)C(=O)Nc1ccnn1Cc1ccc(Br)cc1. The van der Waals surface area contributed by atoms with Crippen LogP contribution in [-0.4, -0.2) is 30.1 Å². The highest BCUT2D eigenvalue weighted by atomic mass is 79.9. The Morgan fingerprint density at radius 3 is 2.45 bits per heavy atom. The van der Waals surface area contributed by atoms with E-state index in [2.05, 4.69) is 31.1 Å². The number of carbonyl (C=O) groups is 1. The largest absolute Gasteiger partial charge is 0.310 e. The quantitative estimate of drug-likeness (QED) is 0.521. The van der Waals surface area contributed by atoms with Crippen LogP contribution in [0.1, 0.15) is 12.5 Å². The maximum absolute atomic E-state index is 12.5. The van der Waals surface area contributed by atoms with Gasteiger partial charge in [0, 0.05) is 15.6 Å². The molecule has 0 aliphatic heterocycles. The van der Waals surface area contributed by atoms with E-state index in [4.69, 9.17) is 11.6 Å². The first-order chi connectivity index (χ1) is 13.7. The van der Waals surface area contributed by atoms with Crippen molar-refractivity contribution in [2.75, 3.05) is 5.32 Å². The molecule has 7 nitrogen and oxygen atoms in total. The van der Waals surface area contributed by atoms with Crippen molar-refractivity contribution in [1.82, 2.24) is 14.5 Å². The van der Waals surface area contributed by atoms with E-state index in [1.54, 1.807) is 16.9 Å². The van der Waals surface area contributed by atoms with E-state index in [1.165, 1.54) is 31.2 Å². The van der Waals surface area contributed by atoms with Gasteiger partial charge in [-0.05, 0) is 48.9 Å². The van der Waals surface area contributed by atoms with E-state index in [0.29, 0.717) is 17.4 Å². The lowest BCUT2D eigenvalue weighted by molar-refractivity contribution is -0.117. The summed E-state index contributed by atoms with van der Waals surface area (Å²) in [4.78, 5) is 12.5. The predicted molar refractivity (Wildman–Crippen MR) is 115 cm³/mol. The summed E-state index contributed by atoms with van der Waals surface area (Å²) in [5.41, 5.74) is 1.00. The predicted octanol–water partition coefficient (Wildman–Crippen LogP) is 3.65. The van der Waals surface area contributed by atoms with Gasteiger partial charge in [0.15, 0.2) is 0 Å². The van der Waals surface area contributed by atoms with E-state index in [0.717, 1.165) is 10.0 Å². The van der Waals surface area contributed by atoms with E-state index in [9.17, 15) is 13.2 Å². The molecular formula is C19H18BrClN4O3S. The minimum absolute atomic E-state index is 0.0295. The first-order valence-electron chi connectivity index (χ1n) is 8.59. The standard InChI is InChI=1S/C19H18BrClN4O3S/c1-13(24-29(27,28)17-8-6-16(21)7-9-17)19(26)23-18-10-11-22-25(18)12-14-2-4-15(20)5-3-14/h2-11,13,24H,12H2,1H3,(H,23,26)/t13-/m0/s1. The van der Waals surface area contributed by atoms with E-state index in [1.807, 2.05) is 24.3 Å². The van der Waals surface area contributed by atoms with Crippen LogP contribution >= 0.6 is 27.5 Å². The van der Waals surface area contributed by atoms with E-state index < -0.39 is 22.0 Å². The Morgan fingerprint density at radius 1 is 1.14 bits per heavy atom. The monoisotopic (exact) mass is 496 g/mol. The van der Waals surface area contributed by atoms with Crippen LogP contribution in [0.25, 0.3) is 0 Å².